The molecule has 1 aromatic rings. The zero-order valence-electron chi connectivity index (χ0n) is 12.1. The van der Waals surface area contributed by atoms with Crippen molar-refractivity contribution in [1.29, 1.82) is 0 Å². The van der Waals surface area contributed by atoms with Gasteiger partial charge in [0.1, 0.15) is 0 Å². The van der Waals surface area contributed by atoms with Gasteiger partial charge >= 0.3 is 0 Å². The first kappa shape index (κ1) is 13.6. The second-order valence-corrected chi connectivity index (χ2v) is 7.11. The maximum absolute atomic E-state index is 5.62. The van der Waals surface area contributed by atoms with Gasteiger partial charge in [-0.25, -0.2) is 0 Å². The van der Waals surface area contributed by atoms with Crippen LogP contribution in [0.15, 0.2) is 6.07 Å². The van der Waals surface area contributed by atoms with Crippen LogP contribution in [0.5, 0.6) is 0 Å². The predicted molar refractivity (Wildman–Crippen MR) is 80.9 cm³/mol. The van der Waals surface area contributed by atoms with Gasteiger partial charge in [-0.3, -0.25) is 0 Å². The summed E-state index contributed by atoms with van der Waals surface area (Å²) in [5.74, 6) is 0. The summed E-state index contributed by atoms with van der Waals surface area (Å²) in [5.41, 5.74) is 1.63. The van der Waals surface area contributed by atoms with E-state index in [2.05, 4.69) is 25.2 Å². The largest absolute Gasteiger partial charge is 0.378 e. The molecule has 106 valence electrons. The van der Waals surface area contributed by atoms with Gasteiger partial charge in [-0.1, -0.05) is 0 Å². The van der Waals surface area contributed by atoms with E-state index in [1.165, 1.54) is 43.4 Å². The fourth-order valence-corrected chi connectivity index (χ4v) is 4.51. The lowest BCUT2D eigenvalue weighted by Gasteiger charge is -2.37. The molecular formula is C16H25NOS. The molecule has 3 heteroatoms. The minimum absolute atomic E-state index is 0.503. The molecular weight excluding hydrogens is 254 g/mol. The predicted octanol–water partition coefficient (Wildman–Crippen LogP) is 3.85. The third kappa shape index (κ3) is 3.04. The van der Waals surface area contributed by atoms with Crippen molar-refractivity contribution in [2.45, 2.75) is 70.6 Å². The molecule has 1 aromatic heterocycles. The first-order valence-electron chi connectivity index (χ1n) is 7.75. The van der Waals surface area contributed by atoms with Crippen LogP contribution in [0.25, 0.3) is 0 Å². The third-order valence-corrected chi connectivity index (χ3v) is 5.85. The van der Waals surface area contributed by atoms with Crippen LogP contribution in [-0.4, -0.2) is 18.8 Å². The molecule has 0 aromatic carbocycles. The molecule has 1 atom stereocenters. The number of ether oxygens (including phenoxy) is 1. The average molecular weight is 279 g/mol. The molecule has 0 saturated heterocycles. The second kappa shape index (κ2) is 5.94. The van der Waals surface area contributed by atoms with Crippen molar-refractivity contribution >= 4 is 11.3 Å². The van der Waals surface area contributed by atoms with E-state index in [0.717, 1.165) is 6.61 Å². The van der Waals surface area contributed by atoms with Crippen molar-refractivity contribution < 1.29 is 4.74 Å². The zero-order chi connectivity index (χ0) is 13.2. The average Bonchev–Trinajstić information content (AvgIpc) is 2.80. The fraction of sp³-hybridized carbons (Fsp3) is 0.750. The normalized spacial score (nSPS) is 27.7. The smallest absolute Gasteiger partial charge is 0.0604 e. The number of hydrogen-bond donors (Lipinski definition) is 1. The molecule has 19 heavy (non-hydrogen) atoms. The molecule has 0 spiro atoms. The standard InChI is InChI=1S/C16H25NOS/c1-3-18-14-9-13(10-14)17-11(2)16-8-12-6-4-5-7-15(12)19-16/h8,11,13-14,17H,3-7,9-10H2,1-2H3. The molecule has 1 N–H and O–H groups in total. The molecule has 0 amide bonds. The molecule has 2 aliphatic carbocycles. The van der Waals surface area contributed by atoms with Crippen LogP contribution in [0.1, 0.15) is 60.9 Å². The fourth-order valence-electron chi connectivity index (χ4n) is 3.24. The Morgan fingerprint density at radius 2 is 2.16 bits per heavy atom. The van der Waals surface area contributed by atoms with Crippen molar-refractivity contribution in [3.63, 3.8) is 0 Å². The van der Waals surface area contributed by atoms with E-state index in [1.54, 1.807) is 10.4 Å². The summed E-state index contributed by atoms with van der Waals surface area (Å²) >= 11 is 2.04. The van der Waals surface area contributed by atoms with Crippen LogP contribution < -0.4 is 5.32 Å². The highest BCUT2D eigenvalue weighted by Crippen LogP contribution is 2.34. The van der Waals surface area contributed by atoms with Gasteiger partial charge in [-0.15, -0.1) is 11.3 Å². The summed E-state index contributed by atoms with van der Waals surface area (Å²) < 4.78 is 5.62. The van der Waals surface area contributed by atoms with E-state index in [-0.39, 0.29) is 0 Å². The Morgan fingerprint density at radius 3 is 2.89 bits per heavy atom. The summed E-state index contributed by atoms with van der Waals surface area (Å²) in [4.78, 5) is 3.18. The Balaban J connectivity index is 1.53. The van der Waals surface area contributed by atoms with E-state index >= 15 is 0 Å². The van der Waals surface area contributed by atoms with Gasteiger partial charge in [-0.05, 0) is 64.0 Å². The van der Waals surface area contributed by atoms with E-state index < -0.39 is 0 Å². The highest BCUT2D eigenvalue weighted by Gasteiger charge is 2.30. The van der Waals surface area contributed by atoms with Crippen molar-refractivity contribution in [3.8, 4) is 0 Å². The molecule has 1 saturated carbocycles. The summed E-state index contributed by atoms with van der Waals surface area (Å²) in [6, 6.07) is 3.61. The monoisotopic (exact) mass is 279 g/mol. The Morgan fingerprint density at radius 1 is 1.37 bits per heavy atom. The molecule has 1 fully saturated rings. The quantitative estimate of drug-likeness (QED) is 0.884. The van der Waals surface area contributed by atoms with Crippen LogP contribution in [-0.2, 0) is 17.6 Å². The third-order valence-electron chi connectivity index (χ3n) is 4.43. The lowest BCUT2D eigenvalue weighted by atomic mass is 9.88. The number of hydrogen-bond acceptors (Lipinski definition) is 3. The summed E-state index contributed by atoms with van der Waals surface area (Å²) in [7, 11) is 0. The van der Waals surface area contributed by atoms with Crippen LogP contribution in [0.3, 0.4) is 0 Å². The molecule has 2 nitrogen and oxygen atoms in total. The Labute approximate surface area is 120 Å². The van der Waals surface area contributed by atoms with Crippen molar-refractivity contribution in [3.05, 3.63) is 21.4 Å². The van der Waals surface area contributed by atoms with E-state index in [0.29, 0.717) is 18.2 Å². The highest BCUT2D eigenvalue weighted by molar-refractivity contribution is 7.12. The van der Waals surface area contributed by atoms with Crippen LogP contribution >= 0.6 is 11.3 Å². The molecule has 0 aliphatic heterocycles. The Bertz CT molecular complexity index is 399. The second-order valence-electron chi connectivity index (χ2n) is 5.94. The minimum atomic E-state index is 0.503. The maximum atomic E-state index is 5.62. The van der Waals surface area contributed by atoms with Crippen LogP contribution in [0.2, 0.25) is 0 Å². The highest BCUT2D eigenvalue weighted by atomic mass is 32.1. The van der Waals surface area contributed by atoms with Gasteiger partial charge in [-0.2, -0.15) is 0 Å². The lowest BCUT2D eigenvalue weighted by molar-refractivity contribution is -0.0119. The molecule has 3 rings (SSSR count). The number of fused-ring (bicyclic) bond motifs is 1. The van der Waals surface area contributed by atoms with Crippen molar-refractivity contribution in [1.82, 2.24) is 5.32 Å². The molecule has 1 heterocycles. The van der Waals surface area contributed by atoms with Gasteiger partial charge in [0.25, 0.3) is 0 Å². The first-order valence-corrected chi connectivity index (χ1v) is 8.57. The Hall–Kier alpha value is -0.380. The first-order chi connectivity index (χ1) is 9.26. The zero-order valence-corrected chi connectivity index (χ0v) is 12.9. The SMILES string of the molecule is CCOC1CC(NC(C)c2cc3c(s2)CCCC3)C1. The van der Waals surface area contributed by atoms with Crippen LogP contribution in [0, 0.1) is 0 Å². The topological polar surface area (TPSA) is 21.3 Å². The van der Waals surface area contributed by atoms with Gasteiger partial charge in [0, 0.05) is 28.4 Å². The van der Waals surface area contributed by atoms with E-state index in [4.69, 9.17) is 4.74 Å². The molecule has 0 bridgehead atoms. The Kier molecular flexibility index (Phi) is 4.25. The van der Waals surface area contributed by atoms with E-state index in [1.807, 2.05) is 11.3 Å². The van der Waals surface area contributed by atoms with Crippen LogP contribution in [0.4, 0.5) is 0 Å². The maximum Gasteiger partial charge on any atom is 0.0604 e. The number of thiophene rings is 1. The van der Waals surface area contributed by atoms with E-state index in [9.17, 15) is 0 Å². The van der Waals surface area contributed by atoms with Gasteiger partial charge in [0.2, 0.25) is 0 Å². The van der Waals surface area contributed by atoms with Crippen molar-refractivity contribution in [2.75, 3.05) is 6.61 Å². The molecule has 0 radical (unpaired) electrons. The number of aryl methyl sites for hydroxylation is 2. The summed E-state index contributed by atoms with van der Waals surface area (Å²) in [6.45, 7) is 5.25. The van der Waals surface area contributed by atoms with Gasteiger partial charge < -0.3 is 10.1 Å². The summed E-state index contributed by atoms with van der Waals surface area (Å²) in [6.07, 6.45) is 8.24. The van der Waals surface area contributed by atoms with Crippen molar-refractivity contribution in [2.24, 2.45) is 0 Å². The van der Waals surface area contributed by atoms with Gasteiger partial charge in [0.05, 0.1) is 6.10 Å². The number of nitrogens with one attached hydrogen (secondary N) is 1. The summed E-state index contributed by atoms with van der Waals surface area (Å²) in [5, 5.41) is 3.76. The molecule has 2 aliphatic rings. The minimum Gasteiger partial charge on any atom is -0.378 e. The van der Waals surface area contributed by atoms with Gasteiger partial charge in [0.15, 0.2) is 0 Å². The number of rotatable bonds is 5. The lowest BCUT2D eigenvalue weighted by Crippen LogP contribution is -2.46. The molecule has 1 unspecified atom stereocenters.